The number of sulfonamides is 1. The normalized spacial score (nSPS) is 16.2. The van der Waals surface area contributed by atoms with E-state index in [2.05, 4.69) is 0 Å². The van der Waals surface area contributed by atoms with Gasteiger partial charge in [0.15, 0.2) is 0 Å². The Morgan fingerprint density at radius 3 is 2.26 bits per heavy atom. The highest BCUT2D eigenvalue weighted by Gasteiger charge is 2.46. The minimum Gasteiger partial charge on any atom is -0.494 e. The molecule has 1 aliphatic rings. The Hall–Kier alpha value is -3.20. The fraction of sp³-hybridized carbons (Fsp3) is 0.231. The molecule has 182 valence electrons. The molecule has 0 bridgehead atoms. The van der Waals surface area contributed by atoms with E-state index in [1.54, 1.807) is 24.3 Å². The molecule has 35 heavy (non-hydrogen) atoms. The number of halogens is 1. The van der Waals surface area contributed by atoms with Crippen LogP contribution in [0.25, 0.3) is 0 Å². The highest BCUT2D eigenvalue weighted by Crippen LogP contribution is 2.31. The van der Waals surface area contributed by atoms with Crippen molar-refractivity contribution in [3.63, 3.8) is 0 Å². The molecule has 3 aromatic carbocycles. The summed E-state index contributed by atoms with van der Waals surface area (Å²) in [5, 5.41) is 0.397. The van der Waals surface area contributed by atoms with Crippen molar-refractivity contribution >= 4 is 39.1 Å². The molecule has 0 aliphatic carbocycles. The fourth-order valence-corrected chi connectivity index (χ4v) is 5.75. The van der Waals surface area contributed by atoms with Gasteiger partial charge in [0.25, 0.3) is 5.91 Å². The molecular weight excluding hydrogens is 488 g/mol. The van der Waals surface area contributed by atoms with Crippen LogP contribution >= 0.6 is 11.6 Å². The highest BCUT2D eigenvalue weighted by atomic mass is 35.5. The van der Waals surface area contributed by atoms with E-state index in [9.17, 15) is 18.0 Å². The van der Waals surface area contributed by atoms with Crippen LogP contribution in [0.4, 0.5) is 5.69 Å². The molecule has 1 atom stereocenters. The van der Waals surface area contributed by atoms with E-state index >= 15 is 0 Å². The van der Waals surface area contributed by atoms with E-state index in [-0.39, 0.29) is 17.9 Å². The van der Waals surface area contributed by atoms with Crippen LogP contribution in [0.15, 0.2) is 83.8 Å². The average molecular weight is 513 g/mol. The number of anilines is 1. The lowest BCUT2D eigenvalue weighted by atomic mass is 10.1. The first-order chi connectivity index (χ1) is 16.8. The molecule has 1 aliphatic heterocycles. The van der Waals surface area contributed by atoms with Crippen molar-refractivity contribution < 1.29 is 22.7 Å². The topological polar surface area (TPSA) is 84.0 Å². The van der Waals surface area contributed by atoms with Gasteiger partial charge in [-0.1, -0.05) is 41.9 Å². The molecule has 0 spiro atoms. The van der Waals surface area contributed by atoms with Crippen molar-refractivity contribution in [1.82, 2.24) is 4.31 Å². The summed E-state index contributed by atoms with van der Waals surface area (Å²) in [6.45, 7) is 2.38. The zero-order valence-electron chi connectivity index (χ0n) is 19.1. The zero-order valence-corrected chi connectivity index (χ0v) is 20.7. The molecule has 1 saturated heterocycles. The lowest BCUT2D eigenvalue weighted by molar-refractivity contribution is -0.122. The van der Waals surface area contributed by atoms with Crippen molar-refractivity contribution in [2.45, 2.75) is 30.7 Å². The number of carbonyl (C=O) groups is 2. The number of carbonyl (C=O) groups excluding carboxylic acids is 2. The Morgan fingerprint density at radius 2 is 1.63 bits per heavy atom. The number of imide groups is 1. The van der Waals surface area contributed by atoms with Crippen LogP contribution < -0.4 is 9.64 Å². The third kappa shape index (κ3) is 5.40. The molecule has 1 unspecified atom stereocenters. The molecule has 0 N–H and O–H groups in total. The molecule has 0 saturated carbocycles. The minimum absolute atomic E-state index is 0.00901. The van der Waals surface area contributed by atoms with Gasteiger partial charge in [0.2, 0.25) is 15.9 Å². The summed E-state index contributed by atoms with van der Waals surface area (Å²) in [7, 11) is -4.09. The summed E-state index contributed by atoms with van der Waals surface area (Å²) in [6.07, 6.45) is 0.141. The third-order valence-corrected chi connectivity index (χ3v) is 7.93. The Bertz CT molecular complexity index is 1300. The predicted molar refractivity (Wildman–Crippen MR) is 134 cm³/mol. The average Bonchev–Trinajstić information content (AvgIpc) is 3.14. The van der Waals surface area contributed by atoms with E-state index in [1.165, 1.54) is 24.3 Å². The zero-order chi connectivity index (χ0) is 25.0. The molecule has 2 amide bonds. The maximum absolute atomic E-state index is 13.6. The SMILES string of the molecule is CCOc1ccc(N2C(=O)CC(N(CCc3ccccc3)S(=O)(=O)c3ccc(Cl)cc3)C2=O)cc1. The summed E-state index contributed by atoms with van der Waals surface area (Å²) in [6, 6.07) is 20.6. The Balaban J connectivity index is 1.66. The molecule has 9 heteroatoms. The van der Waals surface area contributed by atoms with Gasteiger partial charge in [-0.15, -0.1) is 0 Å². The molecule has 7 nitrogen and oxygen atoms in total. The summed E-state index contributed by atoms with van der Waals surface area (Å²) in [4.78, 5) is 27.4. The van der Waals surface area contributed by atoms with Gasteiger partial charge in [0, 0.05) is 11.6 Å². The molecule has 1 heterocycles. The minimum atomic E-state index is -4.09. The number of hydrogen-bond donors (Lipinski definition) is 0. The van der Waals surface area contributed by atoms with Crippen LogP contribution in [0.1, 0.15) is 18.9 Å². The van der Waals surface area contributed by atoms with E-state index in [4.69, 9.17) is 16.3 Å². The van der Waals surface area contributed by atoms with Gasteiger partial charge >= 0.3 is 0 Å². The predicted octanol–water partition coefficient (Wildman–Crippen LogP) is 4.30. The number of benzene rings is 3. The standard InChI is InChI=1S/C26H25ClN2O5S/c1-2-34-22-12-10-21(11-13-22)29-25(30)18-24(26(29)31)28(17-16-19-6-4-3-5-7-19)35(32,33)23-14-8-20(27)9-15-23/h3-15,24H,2,16-18H2,1H3. The van der Waals surface area contributed by atoms with E-state index in [1.807, 2.05) is 37.3 Å². The first kappa shape index (κ1) is 24.9. The van der Waals surface area contributed by atoms with Gasteiger partial charge in [-0.25, -0.2) is 13.3 Å². The van der Waals surface area contributed by atoms with Crippen molar-refractivity contribution in [2.24, 2.45) is 0 Å². The maximum atomic E-state index is 13.6. The first-order valence-electron chi connectivity index (χ1n) is 11.2. The van der Waals surface area contributed by atoms with E-state index in [0.717, 1.165) is 14.8 Å². The number of nitrogens with zero attached hydrogens (tertiary/aromatic N) is 2. The largest absolute Gasteiger partial charge is 0.494 e. The molecule has 0 radical (unpaired) electrons. The van der Waals surface area contributed by atoms with Gasteiger partial charge in [-0.2, -0.15) is 4.31 Å². The van der Waals surface area contributed by atoms with Crippen LogP contribution in [0.2, 0.25) is 5.02 Å². The lowest BCUT2D eigenvalue weighted by Gasteiger charge is -2.27. The number of rotatable bonds is 9. The number of ether oxygens (including phenoxy) is 1. The summed E-state index contributed by atoms with van der Waals surface area (Å²) in [5.74, 6) is -0.424. The van der Waals surface area contributed by atoms with E-state index < -0.39 is 27.9 Å². The van der Waals surface area contributed by atoms with Gasteiger partial charge < -0.3 is 4.74 Å². The highest BCUT2D eigenvalue weighted by molar-refractivity contribution is 7.89. The van der Waals surface area contributed by atoms with Crippen LogP contribution in [-0.2, 0) is 26.0 Å². The van der Waals surface area contributed by atoms with Crippen molar-refractivity contribution in [3.8, 4) is 5.75 Å². The van der Waals surface area contributed by atoms with Gasteiger partial charge in [-0.3, -0.25) is 9.59 Å². The molecule has 4 rings (SSSR count). The second-order valence-corrected chi connectivity index (χ2v) is 10.3. The van der Waals surface area contributed by atoms with Crippen LogP contribution in [0.5, 0.6) is 5.75 Å². The summed E-state index contributed by atoms with van der Waals surface area (Å²) in [5.41, 5.74) is 1.29. The van der Waals surface area contributed by atoms with Crippen LogP contribution in [0, 0.1) is 0 Å². The number of hydrogen-bond acceptors (Lipinski definition) is 5. The van der Waals surface area contributed by atoms with E-state index in [0.29, 0.717) is 29.5 Å². The Morgan fingerprint density at radius 1 is 0.971 bits per heavy atom. The maximum Gasteiger partial charge on any atom is 0.252 e. The van der Waals surface area contributed by atoms with Crippen LogP contribution in [-0.4, -0.2) is 43.7 Å². The van der Waals surface area contributed by atoms with Crippen LogP contribution in [0.3, 0.4) is 0 Å². The second-order valence-electron chi connectivity index (χ2n) is 8.02. The van der Waals surface area contributed by atoms with Crippen molar-refractivity contribution in [3.05, 3.63) is 89.4 Å². The van der Waals surface area contributed by atoms with Crippen molar-refractivity contribution in [1.29, 1.82) is 0 Å². The second kappa shape index (κ2) is 10.6. The fourth-order valence-electron chi connectivity index (χ4n) is 4.04. The summed E-state index contributed by atoms with van der Waals surface area (Å²) < 4.78 is 33.9. The van der Waals surface area contributed by atoms with Crippen molar-refractivity contribution in [2.75, 3.05) is 18.1 Å². The molecule has 1 fully saturated rings. The molecule has 3 aromatic rings. The van der Waals surface area contributed by atoms with Gasteiger partial charge in [0.05, 0.1) is 23.6 Å². The summed E-state index contributed by atoms with van der Waals surface area (Å²) >= 11 is 5.95. The van der Waals surface area contributed by atoms with Gasteiger partial charge in [0.1, 0.15) is 11.8 Å². The molecular formula is C26H25ClN2O5S. The number of amides is 2. The first-order valence-corrected chi connectivity index (χ1v) is 13.0. The third-order valence-electron chi connectivity index (χ3n) is 5.76. The Labute approximate surface area is 209 Å². The van der Waals surface area contributed by atoms with Gasteiger partial charge in [-0.05, 0) is 67.4 Å². The Kier molecular flexibility index (Phi) is 7.54. The lowest BCUT2D eigenvalue weighted by Crippen LogP contribution is -2.46. The molecule has 0 aromatic heterocycles. The quantitative estimate of drug-likeness (QED) is 0.399. The smallest absolute Gasteiger partial charge is 0.252 e. The monoisotopic (exact) mass is 512 g/mol.